The van der Waals surface area contributed by atoms with E-state index < -0.39 is 31.7 Å². The van der Waals surface area contributed by atoms with E-state index in [1.165, 1.54) is 0 Å². The quantitative estimate of drug-likeness (QED) is 0.206. The third-order valence-electron chi connectivity index (χ3n) is 6.21. The van der Waals surface area contributed by atoms with Gasteiger partial charge in [0, 0.05) is 30.6 Å². The number of aromatic nitrogens is 1. The summed E-state index contributed by atoms with van der Waals surface area (Å²) >= 11 is 18.8. The summed E-state index contributed by atoms with van der Waals surface area (Å²) in [4.78, 5) is 3.89. The van der Waals surface area contributed by atoms with Crippen molar-refractivity contribution in [3.63, 3.8) is 0 Å². The number of anilines is 2. The van der Waals surface area contributed by atoms with Gasteiger partial charge in [0.25, 0.3) is 25.8 Å². The second kappa shape index (κ2) is 12.3. The van der Waals surface area contributed by atoms with Gasteiger partial charge in [0.05, 0.1) is 39.0 Å². The molecule has 15 heteroatoms. The number of hydrogen-bond donors (Lipinski definition) is 2. The Morgan fingerprint density at radius 3 is 2.17 bits per heavy atom. The molecule has 0 fully saturated rings. The van der Waals surface area contributed by atoms with E-state index in [4.69, 9.17) is 43.8 Å². The van der Waals surface area contributed by atoms with Crippen LogP contribution < -0.4 is 14.4 Å². The zero-order valence-corrected chi connectivity index (χ0v) is 25.2. The predicted molar refractivity (Wildman–Crippen MR) is 157 cm³/mol. The summed E-state index contributed by atoms with van der Waals surface area (Å²) in [6, 6.07) is 8.56. The van der Waals surface area contributed by atoms with Crippen LogP contribution in [-0.4, -0.2) is 50.5 Å². The summed E-state index contributed by atoms with van der Waals surface area (Å²) in [5.74, 6) is 0.334. The molecule has 0 bridgehead atoms. The Labute approximate surface area is 247 Å². The molecular weight excluding hydrogens is 625 g/mol. The van der Waals surface area contributed by atoms with Gasteiger partial charge in [0.15, 0.2) is 6.54 Å². The maximum Gasteiger partial charge on any atom is 0.374 e. The molecule has 0 atom stereocenters. The summed E-state index contributed by atoms with van der Waals surface area (Å²) in [6.45, 7) is 3.05. The van der Waals surface area contributed by atoms with Crippen molar-refractivity contribution in [3.8, 4) is 0 Å². The highest BCUT2D eigenvalue weighted by Gasteiger charge is 2.31. The highest BCUT2D eigenvalue weighted by molar-refractivity contribution is 7.86. The Kier molecular flexibility index (Phi) is 9.40. The Morgan fingerprint density at radius 1 is 0.925 bits per heavy atom. The molecule has 10 nitrogen and oxygen atoms in total. The van der Waals surface area contributed by atoms with Crippen molar-refractivity contribution in [2.75, 3.05) is 34.4 Å². The Balaban J connectivity index is 1.71. The summed E-state index contributed by atoms with van der Waals surface area (Å²) in [5.41, 5.74) is 2.74. The monoisotopic (exact) mass is 650 g/mol. The van der Waals surface area contributed by atoms with Gasteiger partial charge >= 0.3 is 5.89 Å². The fraction of sp³-hybridized carbons (Fsp3) is 0.320. The lowest BCUT2D eigenvalue weighted by Crippen LogP contribution is -2.36. The van der Waals surface area contributed by atoms with Gasteiger partial charge in [-0.3, -0.25) is 9.11 Å². The van der Waals surface area contributed by atoms with Crippen LogP contribution in [0.5, 0.6) is 0 Å². The number of benzene rings is 2. The fourth-order valence-electron chi connectivity index (χ4n) is 4.55. The molecule has 2 heterocycles. The molecule has 1 aliphatic heterocycles. The van der Waals surface area contributed by atoms with Crippen LogP contribution >= 0.6 is 34.8 Å². The number of nitrogens with zero attached hydrogens (tertiary/aromatic N) is 3. The lowest BCUT2D eigenvalue weighted by Gasteiger charge is -2.24. The van der Waals surface area contributed by atoms with Crippen molar-refractivity contribution in [2.45, 2.75) is 26.3 Å². The van der Waals surface area contributed by atoms with Gasteiger partial charge in [-0.05, 0) is 49.8 Å². The highest BCUT2D eigenvalue weighted by Crippen LogP contribution is 2.45. The van der Waals surface area contributed by atoms with Crippen molar-refractivity contribution in [3.05, 3.63) is 69.3 Å². The van der Waals surface area contributed by atoms with Gasteiger partial charge in [-0.15, -0.1) is 0 Å². The van der Waals surface area contributed by atoms with Crippen molar-refractivity contribution in [1.29, 1.82) is 0 Å². The van der Waals surface area contributed by atoms with E-state index in [-0.39, 0.29) is 25.9 Å². The molecule has 40 heavy (non-hydrogen) atoms. The third kappa shape index (κ3) is 7.30. The lowest BCUT2D eigenvalue weighted by molar-refractivity contribution is -0.677. The molecule has 3 aromatic rings. The molecular formula is C25H27Cl3N3O7S2+. The van der Waals surface area contributed by atoms with Crippen molar-refractivity contribution >= 4 is 83.6 Å². The molecule has 0 saturated heterocycles. The van der Waals surface area contributed by atoms with E-state index in [2.05, 4.69) is 0 Å². The summed E-state index contributed by atoms with van der Waals surface area (Å²) in [7, 11) is -8.26. The molecule has 1 aromatic heterocycles. The standard InChI is InChI=1S/C25H26Cl3N3O7S2/c1-2-29-20-15-18(27)19(28)16-21(20)30(10-4-12-39(32,33)34)24(29)6-3-7-25-31(11-5-13-40(35,36)37)22-14-17(26)8-9-23(22)38-25/h3,6-9,14-16H,2,4-5,10-13H2,1H3,(H-,32,33,34,35,36,37)/p+1. The minimum atomic E-state index is -4.13. The van der Waals surface area contributed by atoms with Crippen LogP contribution in [0.3, 0.4) is 0 Å². The molecule has 0 unspecified atom stereocenters. The van der Waals surface area contributed by atoms with Crippen LogP contribution in [0.1, 0.15) is 25.7 Å². The topological polar surface area (TPSA) is 132 Å². The van der Waals surface area contributed by atoms with E-state index in [0.717, 1.165) is 17.2 Å². The van der Waals surface area contributed by atoms with Crippen LogP contribution in [0.2, 0.25) is 15.1 Å². The number of rotatable bonds is 11. The highest BCUT2D eigenvalue weighted by atomic mass is 35.5. The lowest BCUT2D eigenvalue weighted by atomic mass is 10.2. The van der Waals surface area contributed by atoms with Crippen molar-refractivity contribution < 1.29 is 34.9 Å². The number of hydrogen-bond acceptors (Lipinski definition) is 7. The second-order valence-corrected chi connectivity index (χ2v) is 13.4. The minimum absolute atomic E-state index is 0.147. The summed E-state index contributed by atoms with van der Waals surface area (Å²) in [6.07, 6.45) is 5.59. The van der Waals surface area contributed by atoms with Gasteiger partial charge in [-0.1, -0.05) is 34.8 Å². The molecule has 2 N–H and O–H groups in total. The molecule has 1 aliphatic rings. The average Bonchev–Trinajstić information content (AvgIpc) is 3.32. The fourth-order valence-corrected chi connectivity index (χ4v) is 6.02. The first-order valence-electron chi connectivity index (χ1n) is 12.2. The molecule has 216 valence electrons. The molecule has 0 spiro atoms. The van der Waals surface area contributed by atoms with Crippen molar-refractivity contribution in [1.82, 2.24) is 0 Å². The normalized spacial score (nSPS) is 15.2. The zero-order chi connectivity index (χ0) is 29.2. The van der Waals surface area contributed by atoms with Crippen LogP contribution in [0, 0.1) is 0 Å². The van der Waals surface area contributed by atoms with E-state index in [0.29, 0.717) is 38.6 Å². The van der Waals surface area contributed by atoms with E-state index in [9.17, 15) is 21.4 Å². The first-order valence-corrected chi connectivity index (χ1v) is 16.6. The number of oxazole rings is 1. The molecule has 2 aromatic carbocycles. The molecule has 0 saturated carbocycles. The Bertz CT molecular complexity index is 1700. The van der Waals surface area contributed by atoms with Crippen LogP contribution in [0.4, 0.5) is 11.4 Å². The summed E-state index contributed by atoms with van der Waals surface area (Å²) < 4.78 is 71.3. The summed E-state index contributed by atoms with van der Waals surface area (Å²) in [5, 5.41) is 1.20. The predicted octanol–water partition coefficient (Wildman–Crippen LogP) is 5.44. The number of fused-ring (bicyclic) bond motifs is 2. The maximum atomic E-state index is 11.3. The van der Waals surface area contributed by atoms with E-state index in [1.807, 2.05) is 22.8 Å². The van der Waals surface area contributed by atoms with E-state index >= 15 is 0 Å². The molecule has 4 rings (SSSR count). The number of allylic oxidation sites excluding steroid dienone is 2. The van der Waals surface area contributed by atoms with Gasteiger partial charge in [-0.2, -0.15) is 21.4 Å². The molecule has 0 aliphatic carbocycles. The van der Waals surface area contributed by atoms with Crippen LogP contribution in [0.25, 0.3) is 17.2 Å². The maximum absolute atomic E-state index is 11.3. The van der Waals surface area contributed by atoms with Crippen molar-refractivity contribution in [2.24, 2.45) is 0 Å². The zero-order valence-electron chi connectivity index (χ0n) is 21.3. The largest absolute Gasteiger partial charge is 0.398 e. The SMILES string of the molecule is CCN1C(=CC=Cc2oc3ccc(Cl)cc3[n+]2CCCS(=O)(=O)O)N(CCCS(=O)(=O)O)c2cc(Cl)c(Cl)cc21. The number of aryl methyl sites for hydroxylation is 1. The van der Waals surface area contributed by atoms with E-state index in [1.54, 1.807) is 47.1 Å². The third-order valence-corrected chi connectivity index (χ3v) is 8.78. The van der Waals surface area contributed by atoms with Gasteiger partial charge in [0.1, 0.15) is 5.82 Å². The van der Waals surface area contributed by atoms with Gasteiger partial charge in [-0.25, -0.2) is 0 Å². The molecule has 0 radical (unpaired) electrons. The Morgan fingerprint density at radius 2 is 1.55 bits per heavy atom. The van der Waals surface area contributed by atoms with Gasteiger partial charge in [0.2, 0.25) is 5.58 Å². The van der Waals surface area contributed by atoms with Crippen LogP contribution in [-0.2, 0) is 26.8 Å². The van der Waals surface area contributed by atoms with Crippen LogP contribution in [0.15, 0.2) is 52.7 Å². The number of halogens is 3. The minimum Gasteiger partial charge on any atom is -0.398 e. The van der Waals surface area contributed by atoms with Gasteiger partial charge < -0.3 is 14.2 Å². The average molecular weight is 652 g/mol. The Hall–Kier alpha value is -2.32. The smallest absolute Gasteiger partial charge is 0.374 e. The second-order valence-electron chi connectivity index (χ2n) is 9.02. The first-order chi connectivity index (χ1) is 18.8. The molecule has 0 amide bonds. The first kappa shape index (κ1) is 30.6.